The van der Waals surface area contributed by atoms with Gasteiger partial charge in [-0.05, 0) is 60.5 Å². The van der Waals surface area contributed by atoms with Crippen LogP contribution in [0.4, 0.5) is 11.4 Å². The highest BCUT2D eigenvalue weighted by molar-refractivity contribution is 6.39. The fraction of sp³-hybridized carbons (Fsp3) is 0.0833. The molecule has 3 amide bonds. The van der Waals surface area contributed by atoms with E-state index in [1.165, 1.54) is 6.21 Å². The summed E-state index contributed by atoms with van der Waals surface area (Å²) in [5, 5.41) is 9.72. The van der Waals surface area contributed by atoms with Gasteiger partial charge in [0, 0.05) is 21.4 Å². The number of amides is 3. The van der Waals surface area contributed by atoms with Gasteiger partial charge in [0.15, 0.2) is 6.61 Å². The van der Waals surface area contributed by atoms with Crippen LogP contribution in [0.15, 0.2) is 71.8 Å². The maximum atomic E-state index is 12.1. The maximum Gasteiger partial charge on any atom is 0.329 e. The first-order chi connectivity index (χ1) is 16.3. The normalized spacial score (nSPS) is 10.6. The Morgan fingerprint density at radius 3 is 2.35 bits per heavy atom. The number of hydrogen-bond acceptors (Lipinski definition) is 5. The van der Waals surface area contributed by atoms with Gasteiger partial charge in [-0.1, -0.05) is 47.5 Å². The SMILES string of the molecule is Cc1cccc(NC(=O)C(=O)N/N=C\c2cccc(OCC(=O)Nc3cc(Cl)cc(Cl)c3)c2)c1. The van der Waals surface area contributed by atoms with Gasteiger partial charge in [-0.25, -0.2) is 5.43 Å². The number of aryl methyl sites for hydroxylation is 1. The molecule has 0 atom stereocenters. The molecule has 0 bridgehead atoms. The molecule has 0 saturated carbocycles. The number of carbonyl (C=O) groups excluding carboxylic acids is 3. The fourth-order valence-electron chi connectivity index (χ4n) is 2.78. The Labute approximate surface area is 205 Å². The van der Waals surface area contributed by atoms with Crippen LogP contribution in [-0.4, -0.2) is 30.5 Å². The standard InChI is InChI=1S/C24H20Cl2N4O4/c1-15-4-2-6-19(8-15)29-23(32)24(33)30-27-13-16-5-3-7-21(9-16)34-14-22(31)28-20-11-17(25)10-18(26)12-20/h2-13H,14H2,1H3,(H,28,31)(H,29,32)(H,30,33)/b27-13-. The number of rotatable bonds is 7. The first-order valence-electron chi connectivity index (χ1n) is 9.98. The smallest absolute Gasteiger partial charge is 0.329 e. The van der Waals surface area contributed by atoms with Crippen LogP contribution in [-0.2, 0) is 14.4 Å². The Balaban J connectivity index is 1.49. The van der Waals surface area contributed by atoms with Crippen molar-refractivity contribution in [1.82, 2.24) is 5.43 Å². The number of carbonyl (C=O) groups is 3. The molecule has 0 fully saturated rings. The van der Waals surface area contributed by atoms with Gasteiger partial charge in [0.05, 0.1) is 6.21 Å². The molecule has 0 aliphatic carbocycles. The molecule has 0 saturated heterocycles. The summed E-state index contributed by atoms with van der Waals surface area (Å²) in [6.45, 7) is 1.63. The van der Waals surface area contributed by atoms with Gasteiger partial charge in [-0.15, -0.1) is 0 Å². The van der Waals surface area contributed by atoms with E-state index in [0.29, 0.717) is 32.7 Å². The van der Waals surface area contributed by atoms with E-state index in [1.807, 2.05) is 13.0 Å². The summed E-state index contributed by atoms with van der Waals surface area (Å²) in [6.07, 6.45) is 1.35. The van der Waals surface area contributed by atoms with Crippen molar-refractivity contribution in [2.24, 2.45) is 5.10 Å². The summed E-state index contributed by atoms with van der Waals surface area (Å²) >= 11 is 11.8. The summed E-state index contributed by atoms with van der Waals surface area (Å²) in [6, 6.07) is 18.4. The molecule has 3 aromatic carbocycles. The lowest BCUT2D eigenvalue weighted by Crippen LogP contribution is -2.32. The van der Waals surface area contributed by atoms with Crippen LogP contribution in [0.25, 0.3) is 0 Å². The molecule has 3 N–H and O–H groups in total. The van der Waals surface area contributed by atoms with Crippen LogP contribution < -0.4 is 20.8 Å². The molecule has 0 unspecified atom stereocenters. The summed E-state index contributed by atoms with van der Waals surface area (Å²) in [7, 11) is 0. The zero-order valence-corrected chi connectivity index (χ0v) is 19.5. The summed E-state index contributed by atoms with van der Waals surface area (Å²) in [5.74, 6) is -1.74. The first kappa shape index (κ1) is 24.8. The van der Waals surface area contributed by atoms with Crippen molar-refractivity contribution >= 4 is 58.5 Å². The third-order valence-electron chi connectivity index (χ3n) is 4.24. The van der Waals surface area contributed by atoms with Crippen LogP contribution in [0.5, 0.6) is 5.75 Å². The Hall–Kier alpha value is -3.88. The van der Waals surface area contributed by atoms with Gasteiger partial charge in [0.2, 0.25) is 0 Å². The van der Waals surface area contributed by atoms with Crippen molar-refractivity contribution in [2.75, 3.05) is 17.2 Å². The number of ether oxygens (including phenoxy) is 1. The third kappa shape index (κ3) is 7.91. The van der Waals surface area contributed by atoms with Crippen LogP contribution >= 0.6 is 23.2 Å². The predicted octanol–water partition coefficient (Wildman–Crippen LogP) is 4.41. The Kier molecular flexibility index (Phi) is 8.61. The van der Waals surface area contributed by atoms with E-state index in [-0.39, 0.29) is 6.61 Å². The molecular weight excluding hydrogens is 479 g/mol. The highest BCUT2D eigenvalue weighted by atomic mass is 35.5. The van der Waals surface area contributed by atoms with Gasteiger partial charge >= 0.3 is 11.8 Å². The number of halogens is 2. The van der Waals surface area contributed by atoms with Crippen molar-refractivity contribution in [3.05, 3.63) is 87.9 Å². The predicted molar refractivity (Wildman–Crippen MR) is 133 cm³/mol. The summed E-state index contributed by atoms with van der Waals surface area (Å²) in [5.41, 5.74) is 4.66. The Bertz CT molecular complexity index is 1230. The molecule has 0 radical (unpaired) electrons. The van der Waals surface area contributed by atoms with Crippen molar-refractivity contribution in [3.8, 4) is 5.75 Å². The van der Waals surface area contributed by atoms with Gasteiger partial charge < -0.3 is 15.4 Å². The topological polar surface area (TPSA) is 109 Å². The second-order valence-electron chi connectivity index (χ2n) is 7.09. The minimum atomic E-state index is -0.914. The molecule has 174 valence electrons. The van der Waals surface area contributed by atoms with Gasteiger partial charge in [0.25, 0.3) is 5.91 Å². The van der Waals surface area contributed by atoms with E-state index >= 15 is 0 Å². The van der Waals surface area contributed by atoms with E-state index in [4.69, 9.17) is 27.9 Å². The largest absolute Gasteiger partial charge is 0.484 e. The number of anilines is 2. The van der Waals surface area contributed by atoms with E-state index < -0.39 is 17.7 Å². The molecule has 34 heavy (non-hydrogen) atoms. The number of benzene rings is 3. The Morgan fingerprint density at radius 1 is 0.882 bits per heavy atom. The van der Waals surface area contributed by atoms with Gasteiger partial charge in [-0.2, -0.15) is 5.10 Å². The molecule has 3 aromatic rings. The zero-order valence-electron chi connectivity index (χ0n) is 18.0. The molecule has 8 nitrogen and oxygen atoms in total. The molecule has 0 spiro atoms. The second kappa shape index (κ2) is 11.8. The average Bonchev–Trinajstić information content (AvgIpc) is 2.77. The number of nitrogens with one attached hydrogen (secondary N) is 3. The molecule has 0 heterocycles. The van der Waals surface area contributed by atoms with Crippen LogP contribution in [0.3, 0.4) is 0 Å². The van der Waals surface area contributed by atoms with Crippen molar-refractivity contribution < 1.29 is 19.1 Å². The molecule has 0 aromatic heterocycles. The number of hydrazone groups is 1. The minimum absolute atomic E-state index is 0.249. The molecular formula is C24H20Cl2N4O4. The minimum Gasteiger partial charge on any atom is -0.484 e. The molecule has 0 aliphatic heterocycles. The van der Waals surface area contributed by atoms with E-state index in [2.05, 4.69) is 21.2 Å². The highest BCUT2D eigenvalue weighted by Gasteiger charge is 2.12. The molecule has 0 aliphatic rings. The fourth-order valence-corrected chi connectivity index (χ4v) is 3.31. The van der Waals surface area contributed by atoms with Crippen LogP contribution in [0.2, 0.25) is 10.0 Å². The van der Waals surface area contributed by atoms with E-state index in [0.717, 1.165) is 5.56 Å². The lowest BCUT2D eigenvalue weighted by atomic mass is 10.2. The van der Waals surface area contributed by atoms with Crippen LogP contribution in [0, 0.1) is 6.92 Å². The van der Waals surface area contributed by atoms with Crippen LogP contribution in [0.1, 0.15) is 11.1 Å². The summed E-state index contributed by atoms with van der Waals surface area (Å²) < 4.78 is 5.49. The molecule has 3 rings (SSSR count). The lowest BCUT2D eigenvalue weighted by molar-refractivity contribution is -0.136. The van der Waals surface area contributed by atoms with Crippen molar-refractivity contribution in [3.63, 3.8) is 0 Å². The monoisotopic (exact) mass is 498 g/mol. The zero-order chi connectivity index (χ0) is 24.5. The van der Waals surface area contributed by atoms with Gasteiger partial charge in [0.1, 0.15) is 5.75 Å². The van der Waals surface area contributed by atoms with Gasteiger partial charge in [-0.3, -0.25) is 14.4 Å². The summed E-state index contributed by atoms with van der Waals surface area (Å²) in [4.78, 5) is 36.0. The highest BCUT2D eigenvalue weighted by Crippen LogP contribution is 2.22. The van der Waals surface area contributed by atoms with Crippen molar-refractivity contribution in [1.29, 1.82) is 0 Å². The number of nitrogens with zero attached hydrogens (tertiary/aromatic N) is 1. The number of hydrogen-bond donors (Lipinski definition) is 3. The van der Waals surface area contributed by atoms with Crippen molar-refractivity contribution in [2.45, 2.75) is 6.92 Å². The second-order valence-corrected chi connectivity index (χ2v) is 7.96. The first-order valence-corrected chi connectivity index (χ1v) is 10.7. The molecule has 10 heteroatoms. The Morgan fingerprint density at radius 2 is 1.62 bits per heavy atom. The van der Waals surface area contributed by atoms with E-state index in [9.17, 15) is 14.4 Å². The maximum absolute atomic E-state index is 12.1. The lowest BCUT2D eigenvalue weighted by Gasteiger charge is -2.09. The third-order valence-corrected chi connectivity index (χ3v) is 4.67. The quantitative estimate of drug-likeness (QED) is 0.254. The average molecular weight is 499 g/mol. The van der Waals surface area contributed by atoms with E-state index in [1.54, 1.807) is 60.7 Å².